The first-order chi connectivity index (χ1) is 13.2. The number of nitrogens with zero attached hydrogens (tertiary/aromatic N) is 5. The van der Waals surface area contributed by atoms with Crippen LogP contribution in [0.25, 0.3) is 0 Å². The predicted molar refractivity (Wildman–Crippen MR) is 104 cm³/mol. The van der Waals surface area contributed by atoms with Crippen LogP contribution in [0.3, 0.4) is 0 Å². The molecule has 1 spiro atoms. The maximum Gasteiger partial charge on any atom is 0.222 e. The fourth-order valence-corrected chi connectivity index (χ4v) is 4.81. The maximum absolute atomic E-state index is 12.6. The molecule has 3 heterocycles. The summed E-state index contributed by atoms with van der Waals surface area (Å²) in [5.74, 6) is 0.895. The van der Waals surface area contributed by atoms with Gasteiger partial charge in [0, 0.05) is 38.1 Å². The van der Waals surface area contributed by atoms with Crippen LogP contribution in [-0.2, 0) is 11.3 Å². The lowest BCUT2D eigenvalue weighted by atomic mass is 9.81. The van der Waals surface area contributed by atoms with E-state index < -0.39 is 0 Å². The van der Waals surface area contributed by atoms with E-state index in [9.17, 15) is 4.79 Å². The van der Waals surface area contributed by atoms with E-state index in [0.717, 1.165) is 45.4 Å². The van der Waals surface area contributed by atoms with Crippen LogP contribution in [0, 0.1) is 0 Å². The molecule has 0 saturated carbocycles. The number of hydrogen-bond acceptors (Lipinski definition) is 4. The highest BCUT2D eigenvalue weighted by Gasteiger charge is 2.45. The average molecular weight is 367 g/mol. The lowest BCUT2D eigenvalue weighted by Crippen LogP contribution is -2.51. The Bertz CT molecular complexity index is 737. The molecular formula is C21H29N5O. The Labute approximate surface area is 161 Å². The summed E-state index contributed by atoms with van der Waals surface area (Å²) >= 11 is 0. The molecule has 6 heteroatoms. The number of likely N-dealkylation sites (N-methyl/N-ethyl adjacent to an activating group) is 1. The van der Waals surface area contributed by atoms with Gasteiger partial charge >= 0.3 is 0 Å². The number of aromatic nitrogens is 3. The van der Waals surface area contributed by atoms with Crippen LogP contribution in [0.1, 0.15) is 43.6 Å². The van der Waals surface area contributed by atoms with Gasteiger partial charge in [0.1, 0.15) is 12.7 Å². The van der Waals surface area contributed by atoms with Gasteiger partial charge in [-0.1, -0.05) is 30.3 Å². The van der Waals surface area contributed by atoms with E-state index in [1.807, 2.05) is 0 Å². The van der Waals surface area contributed by atoms with Crippen molar-refractivity contribution >= 4 is 5.91 Å². The Balaban J connectivity index is 1.28. The molecule has 1 aromatic heterocycles. The number of carbonyl (C=O) groups excluding carboxylic acids is 1. The zero-order valence-corrected chi connectivity index (χ0v) is 16.1. The summed E-state index contributed by atoms with van der Waals surface area (Å²) in [4.78, 5) is 21.1. The number of piperidine rings is 1. The molecule has 1 amide bonds. The van der Waals surface area contributed by atoms with E-state index in [1.165, 1.54) is 18.3 Å². The second kappa shape index (κ2) is 7.80. The Morgan fingerprint density at radius 1 is 1.22 bits per heavy atom. The number of aryl methyl sites for hydroxylation is 1. The third-order valence-electron chi connectivity index (χ3n) is 6.49. The SMILES string of the molecule is CN1C[C@H](c2ccccc2)CC12CCN(C(=O)CCCn1cncn1)CC2. The van der Waals surface area contributed by atoms with Gasteiger partial charge in [0.2, 0.25) is 5.91 Å². The van der Waals surface area contributed by atoms with Crippen LogP contribution in [0.5, 0.6) is 0 Å². The van der Waals surface area contributed by atoms with Crippen molar-refractivity contribution in [3.05, 3.63) is 48.5 Å². The summed E-state index contributed by atoms with van der Waals surface area (Å²) in [7, 11) is 2.26. The lowest BCUT2D eigenvalue weighted by Gasteiger charge is -2.43. The van der Waals surface area contributed by atoms with Gasteiger partial charge in [-0.05, 0) is 44.2 Å². The summed E-state index contributed by atoms with van der Waals surface area (Å²) in [6.07, 6.45) is 8.03. The van der Waals surface area contributed by atoms with Gasteiger partial charge in [0.05, 0.1) is 0 Å². The highest BCUT2D eigenvalue weighted by Crippen LogP contribution is 2.43. The minimum atomic E-state index is 0.262. The molecule has 2 aliphatic rings. The predicted octanol–water partition coefficient (Wildman–Crippen LogP) is 2.54. The van der Waals surface area contributed by atoms with Crippen molar-refractivity contribution in [1.82, 2.24) is 24.6 Å². The highest BCUT2D eigenvalue weighted by molar-refractivity contribution is 5.76. The van der Waals surface area contributed by atoms with Crippen molar-refractivity contribution in [1.29, 1.82) is 0 Å². The standard InChI is InChI=1S/C21H29N5O/c1-24-15-19(18-6-3-2-4-7-18)14-21(24)9-12-25(13-10-21)20(27)8-5-11-26-17-22-16-23-26/h2-4,6-7,16-17,19H,5,8-15H2,1H3/t19-/m1/s1. The van der Waals surface area contributed by atoms with Crippen molar-refractivity contribution in [2.24, 2.45) is 0 Å². The van der Waals surface area contributed by atoms with Gasteiger partial charge < -0.3 is 4.90 Å². The molecule has 0 unspecified atom stereocenters. The van der Waals surface area contributed by atoms with Crippen LogP contribution in [-0.4, -0.2) is 62.7 Å². The van der Waals surface area contributed by atoms with E-state index in [4.69, 9.17) is 0 Å². The van der Waals surface area contributed by atoms with Crippen molar-refractivity contribution in [3.63, 3.8) is 0 Å². The van der Waals surface area contributed by atoms with Gasteiger partial charge in [0.25, 0.3) is 0 Å². The van der Waals surface area contributed by atoms with Crippen LogP contribution in [0.2, 0.25) is 0 Å². The minimum absolute atomic E-state index is 0.262. The molecule has 0 bridgehead atoms. The normalized spacial score (nSPS) is 22.4. The summed E-state index contributed by atoms with van der Waals surface area (Å²) in [5.41, 5.74) is 1.71. The first kappa shape index (κ1) is 18.2. The number of benzene rings is 1. The fraction of sp³-hybridized carbons (Fsp3) is 0.571. The smallest absolute Gasteiger partial charge is 0.222 e. The van der Waals surface area contributed by atoms with Gasteiger partial charge in [-0.25, -0.2) is 4.98 Å². The van der Waals surface area contributed by atoms with E-state index >= 15 is 0 Å². The van der Waals surface area contributed by atoms with Crippen LogP contribution < -0.4 is 0 Å². The first-order valence-corrected chi connectivity index (χ1v) is 10.0. The third-order valence-corrected chi connectivity index (χ3v) is 6.49. The number of likely N-dealkylation sites (tertiary alicyclic amines) is 2. The molecule has 27 heavy (non-hydrogen) atoms. The number of carbonyl (C=O) groups is 1. The number of rotatable bonds is 5. The van der Waals surface area contributed by atoms with E-state index in [-0.39, 0.29) is 11.4 Å². The molecule has 0 aliphatic carbocycles. The summed E-state index contributed by atoms with van der Waals surface area (Å²) in [5, 5.41) is 4.09. The zero-order chi connectivity index (χ0) is 18.7. The second-order valence-electron chi connectivity index (χ2n) is 8.06. The molecule has 2 aliphatic heterocycles. The van der Waals surface area contributed by atoms with Crippen LogP contribution in [0.15, 0.2) is 43.0 Å². The van der Waals surface area contributed by atoms with Crippen molar-refractivity contribution in [3.8, 4) is 0 Å². The molecule has 0 N–H and O–H groups in total. The van der Waals surface area contributed by atoms with Crippen molar-refractivity contribution in [2.75, 3.05) is 26.7 Å². The Morgan fingerprint density at radius 2 is 2.00 bits per heavy atom. The largest absolute Gasteiger partial charge is 0.343 e. The lowest BCUT2D eigenvalue weighted by molar-refractivity contribution is -0.133. The topological polar surface area (TPSA) is 54.3 Å². The summed E-state index contributed by atoms with van der Waals surface area (Å²) < 4.78 is 1.79. The zero-order valence-electron chi connectivity index (χ0n) is 16.1. The average Bonchev–Trinajstić information content (AvgIpc) is 3.32. The van der Waals surface area contributed by atoms with Gasteiger partial charge in [-0.15, -0.1) is 0 Å². The van der Waals surface area contributed by atoms with Gasteiger partial charge in [-0.2, -0.15) is 5.10 Å². The van der Waals surface area contributed by atoms with E-state index in [2.05, 4.69) is 57.3 Å². The molecule has 2 aromatic rings. The molecule has 6 nitrogen and oxygen atoms in total. The molecule has 144 valence electrons. The summed E-state index contributed by atoms with van der Waals surface area (Å²) in [6, 6.07) is 10.9. The first-order valence-electron chi connectivity index (χ1n) is 10.0. The summed E-state index contributed by atoms with van der Waals surface area (Å²) in [6.45, 7) is 3.64. The van der Waals surface area contributed by atoms with Crippen LogP contribution in [0.4, 0.5) is 0 Å². The molecule has 0 radical (unpaired) electrons. The fourth-order valence-electron chi connectivity index (χ4n) is 4.81. The molecule has 1 aromatic carbocycles. The highest BCUT2D eigenvalue weighted by atomic mass is 16.2. The Morgan fingerprint density at radius 3 is 2.70 bits per heavy atom. The Kier molecular flexibility index (Phi) is 5.25. The molecule has 1 atom stereocenters. The Hall–Kier alpha value is -2.21. The molecule has 2 saturated heterocycles. The molecular weight excluding hydrogens is 338 g/mol. The molecule has 4 rings (SSSR count). The van der Waals surface area contributed by atoms with Crippen molar-refractivity contribution in [2.45, 2.75) is 50.1 Å². The second-order valence-corrected chi connectivity index (χ2v) is 8.06. The van der Waals surface area contributed by atoms with Crippen molar-refractivity contribution < 1.29 is 4.79 Å². The quantitative estimate of drug-likeness (QED) is 0.815. The van der Waals surface area contributed by atoms with Gasteiger partial charge in [0.15, 0.2) is 0 Å². The maximum atomic E-state index is 12.6. The minimum Gasteiger partial charge on any atom is -0.343 e. The molecule has 2 fully saturated rings. The van der Waals surface area contributed by atoms with Crippen LogP contribution >= 0.6 is 0 Å². The number of amides is 1. The van der Waals surface area contributed by atoms with Gasteiger partial charge in [-0.3, -0.25) is 14.4 Å². The van der Waals surface area contributed by atoms with E-state index in [0.29, 0.717) is 12.3 Å². The van der Waals surface area contributed by atoms with E-state index in [1.54, 1.807) is 11.0 Å². The monoisotopic (exact) mass is 367 g/mol. The number of hydrogen-bond donors (Lipinski definition) is 0. The third kappa shape index (κ3) is 3.90.